The number of nitrogens with zero attached hydrogens (tertiary/aromatic N) is 1. The lowest BCUT2D eigenvalue weighted by atomic mass is 10.2. The van der Waals surface area contributed by atoms with Gasteiger partial charge in [0.05, 0.1) is 10.6 Å². The van der Waals surface area contributed by atoms with Crippen molar-refractivity contribution in [3.63, 3.8) is 0 Å². The second-order valence-corrected chi connectivity index (χ2v) is 6.82. The van der Waals surface area contributed by atoms with Gasteiger partial charge in [-0.2, -0.15) is 0 Å². The van der Waals surface area contributed by atoms with Crippen molar-refractivity contribution >= 4 is 27.3 Å². The van der Waals surface area contributed by atoms with E-state index in [1.54, 1.807) is 43.4 Å². The Balaban J connectivity index is 2.35. The number of sulfonamides is 1. The van der Waals surface area contributed by atoms with Crippen LogP contribution in [0.3, 0.4) is 0 Å². The van der Waals surface area contributed by atoms with Crippen LogP contribution in [0.1, 0.15) is 11.1 Å². The number of hydrogen-bond acceptors (Lipinski definition) is 2. The van der Waals surface area contributed by atoms with Gasteiger partial charge in [-0.05, 0) is 36.8 Å². The Bertz CT molecular complexity index is 679. The van der Waals surface area contributed by atoms with Crippen molar-refractivity contribution in [2.24, 2.45) is 0 Å². The van der Waals surface area contributed by atoms with Gasteiger partial charge in [0.25, 0.3) is 10.0 Å². The van der Waals surface area contributed by atoms with E-state index in [2.05, 4.69) is 0 Å². The quantitative estimate of drug-likeness (QED) is 0.810. The van der Waals surface area contributed by atoms with E-state index in [1.807, 2.05) is 19.1 Å². The molecule has 5 heteroatoms. The van der Waals surface area contributed by atoms with Crippen LogP contribution in [0.25, 0.3) is 0 Å². The fourth-order valence-electron chi connectivity index (χ4n) is 1.80. The van der Waals surface area contributed by atoms with Crippen molar-refractivity contribution in [2.45, 2.75) is 17.7 Å². The van der Waals surface area contributed by atoms with Crippen molar-refractivity contribution in [3.8, 4) is 0 Å². The summed E-state index contributed by atoms with van der Waals surface area (Å²) in [7, 11) is -1.99. The first-order valence-corrected chi connectivity index (χ1v) is 8.13. The SMILES string of the molecule is Cc1ccc(N(C)S(=O)(=O)c2ccc(CCl)cc2)cc1. The van der Waals surface area contributed by atoms with E-state index in [4.69, 9.17) is 11.6 Å². The highest BCUT2D eigenvalue weighted by atomic mass is 35.5. The monoisotopic (exact) mass is 309 g/mol. The molecule has 0 bridgehead atoms. The molecule has 0 heterocycles. The van der Waals surface area contributed by atoms with Crippen LogP contribution in [-0.2, 0) is 15.9 Å². The van der Waals surface area contributed by atoms with Gasteiger partial charge in [0, 0.05) is 12.9 Å². The predicted molar refractivity (Wildman–Crippen MR) is 82.8 cm³/mol. The van der Waals surface area contributed by atoms with E-state index < -0.39 is 10.0 Å². The van der Waals surface area contributed by atoms with Gasteiger partial charge in [0.1, 0.15) is 0 Å². The van der Waals surface area contributed by atoms with Gasteiger partial charge in [0.2, 0.25) is 0 Å². The third-order valence-electron chi connectivity index (χ3n) is 3.13. The summed E-state index contributed by atoms with van der Waals surface area (Å²) in [5, 5.41) is 0. The van der Waals surface area contributed by atoms with Crippen LogP contribution in [0.15, 0.2) is 53.4 Å². The first-order chi connectivity index (χ1) is 9.45. The number of anilines is 1. The van der Waals surface area contributed by atoms with Gasteiger partial charge in [-0.3, -0.25) is 4.31 Å². The van der Waals surface area contributed by atoms with E-state index >= 15 is 0 Å². The van der Waals surface area contributed by atoms with Crippen molar-refractivity contribution < 1.29 is 8.42 Å². The van der Waals surface area contributed by atoms with E-state index in [-0.39, 0.29) is 4.90 Å². The molecule has 106 valence electrons. The first kappa shape index (κ1) is 14.9. The largest absolute Gasteiger partial charge is 0.269 e. The number of aryl methyl sites for hydroxylation is 1. The topological polar surface area (TPSA) is 37.4 Å². The molecule has 0 radical (unpaired) electrons. The average molecular weight is 310 g/mol. The maximum absolute atomic E-state index is 12.5. The highest BCUT2D eigenvalue weighted by Crippen LogP contribution is 2.22. The zero-order chi connectivity index (χ0) is 14.8. The zero-order valence-corrected chi connectivity index (χ0v) is 12.9. The molecule has 0 aliphatic rings. The van der Waals surface area contributed by atoms with Crippen molar-refractivity contribution in [2.75, 3.05) is 11.4 Å². The maximum atomic E-state index is 12.5. The molecule has 2 aromatic rings. The van der Waals surface area contributed by atoms with Crippen LogP contribution < -0.4 is 4.31 Å². The molecule has 0 aliphatic heterocycles. The molecule has 0 aliphatic carbocycles. The molecule has 20 heavy (non-hydrogen) atoms. The second kappa shape index (κ2) is 5.85. The Kier molecular flexibility index (Phi) is 4.35. The second-order valence-electron chi connectivity index (χ2n) is 4.59. The Hall–Kier alpha value is -1.52. The van der Waals surface area contributed by atoms with Crippen LogP contribution in [0.5, 0.6) is 0 Å². The molecule has 2 aromatic carbocycles. The fraction of sp³-hybridized carbons (Fsp3) is 0.200. The molecule has 0 fully saturated rings. The number of halogens is 1. The lowest BCUT2D eigenvalue weighted by Crippen LogP contribution is -2.26. The molecule has 0 N–H and O–H groups in total. The van der Waals surface area contributed by atoms with E-state index in [9.17, 15) is 8.42 Å². The van der Waals surface area contributed by atoms with Crippen LogP contribution >= 0.6 is 11.6 Å². The van der Waals surface area contributed by atoms with E-state index in [1.165, 1.54) is 4.31 Å². The molecule has 0 spiro atoms. The summed E-state index contributed by atoms with van der Waals surface area (Å²) in [4.78, 5) is 0.259. The summed E-state index contributed by atoms with van der Waals surface area (Å²) < 4.78 is 26.3. The van der Waals surface area contributed by atoms with Crippen LogP contribution in [-0.4, -0.2) is 15.5 Å². The van der Waals surface area contributed by atoms with Gasteiger partial charge < -0.3 is 0 Å². The van der Waals surface area contributed by atoms with Gasteiger partial charge in [-0.25, -0.2) is 8.42 Å². The normalized spacial score (nSPS) is 11.3. The highest BCUT2D eigenvalue weighted by Gasteiger charge is 2.20. The minimum absolute atomic E-state index is 0.259. The third kappa shape index (κ3) is 2.97. The molecular weight excluding hydrogens is 294 g/mol. The van der Waals surface area contributed by atoms with Gasteiger partial charge in [0.15, 0.2) is 0 Å². The van der Waals surface area contributed by atoms with Gasteiger partial charge >= 0.3 is 0 Å². The molecular formula is C15H16ClNO2S. The molecule has 0 amide bonds. The third-order valence-corrected chi connectivity index (χ3v) is 5.24. The Morgan fingerprint density at radius 1 is 1.00 bits per heavy atom. The summed E-state index contributed by atoms with van der Waals surface area (Å²) >= 11 is 5.71. The number of benzene rings is 2. The first-order valence-electron chi connectivity index (χ1n) is 6.15. The predicted octanol–water partition coefficient (Wildman–Crippen LogP) is 3.56. The summed E-state index contributed by atoms with van der Waals surface area (Å²) in [6, 6.07) is 14.0. The lowest BCUT2D eigenvalue weighted by Gasteiger charge is -2.19. The van der Waals surface area contributed by atoms with E-state index in [0.29, 0.717) is 11.6 Å². The lowest BCUT2D eigenvalue weighted by molar-refractivity contribution is 0.594. The zero-order valence-electron chi connectivity index (χ0n) is 11.4. The van der Waals surface area contributed by atoms with Crippen LogP contribution in [0.2, 0.25) is 0 Å². The van der Waals surface area contributed by atoms with Crippen LogP contribution in [0.4, 0.5) is 5.69 Å². The molecule has 0 saturated heterocycles. The Labute approximate surface area is 124 Å². The van der Waals surface area contributed by atoms with E-state index in [0.717, 1.165) is 11.1 Å². The molecule has 0 unspecified atom stereocenters. The molecule has 2 rings (SSSR count). The fourth-order valence-corrected chi connectivity index (χ4v) is 3.18. The summed E-state index contributed by atoms with van der Waals surface area (Å²) in [6.45, 7) is 1.96. The van der Waals surface area contributed by atoms with Gasteiger partial charge in [-0.15, -0.1) is 11.6 Å². The smallest absolute Gasteiger partial charge is 0.264 e. The summed E-state index contributed by atoms with van der Waals surface area (Å²) in [5.74, 6) is 0.369. The standard InChI is InChI=1S/C15H16ClNO2S/c1-12-3-7-14(8-4-12)17(2)20(18,19)15-9-5-13(11-16)6-10-15/h3-10H,11H2,1-2H3. The Morgan fingerprint density at radius 3 is 2.05 bits per heavy atom. The molecule has 0 aromatic heterocycles. The van der Waals surface area contributed by atoms with Crippen molar-refractivity contribution in [1.29, 1.82) is 0 Å². The minimum Gasteiger partial charge on any atom is -0.269 e. The van der Waals surface area contributed by atoms with Gasteiger partial charge in [-0.1, -0.05) is 29.8 Å². The summed E-state index contributed by atoms with van der Waals surface area (Å²) in [5.41, 5.74) is 2.62. The number of alkyl halides is 1. The molecule has 3 nitrogen and oxygen atoms in total. The van der Waals surface area contributed by atoms with Crippen molar-refractivity contribution in [3.05, 3.63) is 59.7 Å². The Morgan fingerprint density at radius 2 is 1.55 bits per heavy atom. The summed E-state index contributed by atoms with van der Waals surface area (Å²) in [6.07, 6.45) is 0. The molecule has 0 atom stereocenters. The number of rotatable bonds is 4. The number of hydrogen-bond donors (Lipinski definition) is 0. The highest BCUT2D eigenvalue weighted by molar-refractivity contribution is 7.92. The average Bonchev–Trinajstić information content (AvgIpc) is 2.47. The van der Waals surface area contributed by atoms with Crippen LogP contribution in [0, 0.1) is 6.92 Å². The molecule has 0 saturated carbocycles. The van der Waals surface area contributed by atoms with Crippen molar-refractivity contribution in [1.82, 2.24) is 0 Å². The minimum atomic E-state index is -3.54. The maximum Gasteiger partial charge on any atom is 0.264 e.